The van der Waals surface area contributed by atoms with Gasteiger partial charge in [0.2, 0.25) is 5.88 Å². The van der Waals surface area contributed by atoms with Crippen molar-refractivity contribution in [2.45, 2.75) is 43.9 Å². The second-order valence-electron chi connectivity index (χ2n) is 7.39. The number of nitrogens with one attached hydrogen (secondary N) is 1. The van der Waals surface area contributed by atoms with Crippen molar-refractivity contribution in [2.75, 3.05) is 12.4 Å². The number of hydrogen-bond donors (Lipinski definition) is 1. The molecule has 0 unspecified atom stereocenters. The lowest BCUT2D eigenvalue weighted by molar-refractivity contribution is 0.396. The summed E-state index contributed by atoms with van der Waals surface area (Å²) in [5.74, 6) is 1.33. The fourth-order valence-electron chi connectivity index (χ4n) is 3.51. The lowest BCUT2D eigenvalue weighted by atomic mass is 10.0. The maximum atomic E-state index is 13.4. The van der Waals surface area contributed by atoms with Crippen molar-refractivity contribution < 1.29 is 13.2 Å². The van der Waals surface area contributed by atoms with E-state index in [9.17, 15) is 8.42 Å². The average molecular weight is 427 g/mol. The lowest BCUT2D eigenvalue weighted by Gasteiger charge is -2.13. The van der Waals surface area contributed by atoms with Gasteiger partial charge >= 0.3 is 0 Å². The number of aromatic nitrogens is 4. The molecule has 2 heterocycles. The van der Waals surface area contributed by atoms with Gasteiger partial charge in [-0.15, -0.1) is 5.10 Å². The van der Waals surface area contributed by atoms with Crippen LogP contribution < -0.4 is 10.1 Å². The summed E-state index contributed by atoms with van der Waals surface area (Å²) in [6.07, 6.45) is 6.40. The summed E-state index contributed by atoms with van der Waals surface area (Å²) >= 11 is 0. The number of methoxy groups -OCH3 is 1. The molecular weight excluding hydrogens is 402 g/mol. The van der Waals surface area contributed by atoms with E-state index >= 15 is 0 Å². The van der Waals surface area contributed by atoms with Crippen LogP contribution >= 0.6 is 0 Å². The van der Waals surface area contributed by atoms with E-state index in [0.717, 1.165) is 28.9 Å². The smallest absolute Gasteiger partial charge is 0.283 e. The summed E-state index contributed by atoms with van der Waals surface area (Å²) in [5.41, 5.74) is 2.32. The third kappa shape index (κ3) is 3.89. The van der Waals surface area contributed by atoms with Gasteiger partial charge in [-0.2, -0.15) is 17.5 Å². The van der Waals surface area contributed by atoms with Gasteiger partial charge in [-0.05, 0) is 51.7 Å². The van der Waals surface area contributed by atoms with Crippen LogP contribution in [0.2, 0.25) is 0 Å². The Morgan fingerprint density at radius 2 is 1.97 bits per heavy atom. The first-order chi connectivity index (χ1) is 14.4. The molecule has 157 valence electrons. The standard InChI is InChI=1S/C21H24N5O3S/c1-14-8-10-17(11-9-14)30(27,28)26-18(16-6-4-5-7-16)12-19(25-26)23-21-15(2)22-13-20(24-21)29-3/h4,8-13,16H,5-7H2,1-3H3,(H,23,24,25)/t16-/m0/s1. The fraction of sp³-hybridized carbons (Fsp3) is 0.333. The molecule has 2 aromatic heterocycles. The summed E-state index contributed by atoms with van der Waals surface area (Å²) < 4.78 is 33.0. The van der Waals surface area contributed by atoms with Crippen LogP contribution in [0.5, 0.6) is 5.88 Å². The topological polar surface area (TPSA) is 99.0 Å². The summed E-state index contributed by atoms with van der Waals surface area (Å²) in [7, 11) is -2.31. The molecular formula is C21H24N5O3S. The first-order valence-corrected chi connectivity index (χ1v) is 11.2. The van der Waals surface area contributed by atoms with Crippen molar-refractivity contribution in [3.63, 3.8) is 0 Å². The minimum Gasteiger partial charge on any atom is -0.480 e. The molecule has 0 bridgehead atoms. The predicted molar refractivity (Wildman–Crippen MR) is 113 cm³/mol. The van der Waals surface area contributed by atoms with E-state index in [-0.39, 0.29) is 10.8 Å². The Kier molecular flexibility index (Phi) is 5.46. The van der Waals surface area contributed by atoms with E-state index in [1.54, 1.807) is 30.3 Å². The Morgan fingerprint density at radius 3 is 2.63 bits per heavy atom. The van der Waals surface area contributed by atoms with E-state index in [1.807, 2.05) is 13.8 Å². The largest absolute Gasteiger partial charge is 0.480 e. The van der Waals surface area contributed by atoms with Crippen LogP contribution in [0.1, 0.15) is 42.1 Å². The summed E-state index contributed by atoms with van der Waals surface area (Å²) in [4.78, 5) is 8.81. The number of rotatable bonds is 6. The van der Waals surface area contributed by atoms with E-state index in [4.69, 9.17) is 4.74 Å². The molecule has 1 saturated carbocycles. The van der Waals surface area contributed by atoms with Gasteiger partial charge in [-0.25, -0.2) is 0 Å². The zero-order valence-corrected chi connectivity index (χ0v) is 18.0. The van der Waals surface area contributed by atoms with Crippen molar-refractivity contribution in [1.82, 2.24) is 19.2 Å². The Balaban J connectivity index is 1.76. The molecule has 1 atom stereocenters. The van der Waals surface area contributed by atoms with E-state index in [2.05, 4.69) is 26.8 Å². The maximum Gasteiger partial charge on any atom is 0.283 e. The second kappa shape index (κ2) is 8.06. The molecule has 0 saturated heterocycles. The first-order valence-electron chi connectivity index (χ1n) is 9.77. The number of hydrogen-bond acceptors (Lipinski definition) is 7. The van der Waals surface area contributed by atoms with Crippen molar-refractivity contribution in [1.29, 1.82) is 0 Å². The molecule has 30 heavy (non-hydrogen) atoms. The third-order valence-electron chi connectivity index (χ3n) is 5.23. The van der Waals surface area contributed by atoms with Gasteiger partial charge in [0, 0.05) is 12.0 Å². The quantitative estimate of drug-likeness (QED) is 0.641. The molecule has 1 fully saturated rings. The third-order valence-corrected chi connectivity index (χ3v) is 6.84. The van der Waals surface area contributed by atoms with Crippen molar-refractivity contribution >= 4 is 21.7 Å². The molecule has 0 spiro atoms. The van der Waals surface area contributed by atoms with E-state index in [0.29, 0.717) is 28.9 Å². The zero-order chi connectivity index (χ0) is 21.3. The summed E-state index contributed by atoms with van der Waals surface area (Å²) in [5, 5.41) is 7.52. The predicted octanol–water partition coefficient (Wildman–Crippen LogP) is 3.75. The molecule has 1 aromatic carbocycles. The van der Waals surface area contributed by atoms with Gasteiger partial charge in [-0.3, -0.25) is 4.98 Å². The van der Waals surface area contributed by atoms with E-state index < -0.39 is 10.0 Å². The molecule has 1 N–H and O–H groups in total. The van der Waals surface area contributed by atoms with Crippen LogP contribution in [0, 0.1) is 20.3 Å². The highest BCUT2D eigenvalue weighted by molar-refractivity contribution is 7.89. The minimum atomic E-state index is -3.83. The number of nitrogens with zero attached hydrogens (tertiary/aromatic N) is 4. The number of benzene rings is 1. The zero-order valence-electron chi connectivity index (χ0n) is 17.2. The van der Waals surface area contributed by atoms with Crippen LogP contribution in [-0.4, -0.2) is 34.7 Å². The van der Waals surface area contributed by atoms with Crippen LogP contribution in [0.3, 0.4) is 0 Å². The van der Waals surface area contributed by atoms with Crippen LogP contribution in [-0.2, 0) is 10.0 Å². The van der Waals surface area contributed by atoms with Gasteiger partial charge < -0.3 is 10.1 Å². The highest BCUT2D eigenvalue weighted by atomic mass is 32.2. The van der Waals surface area contributed by atoms with E-state index in [1.165, 1.54) is 13.3 Å². The van der Waals surface area contributed by atoms with Crippen molar-refractivity contribution in [2.24, 2.45) is 0 Å². The molecule has 1 aliphatic carbocycles. The lowest BCUT2D eigenvalue weighted by Crippen LogP contribution is -2.18. The van der Waals surface area contributed by atoms with Crippen molar-refractivity contribution in [3.8, 4) is 5.88 Å². The number of aryl methyl sites for hydroxylation is 2. The van der Waals surface area contributed by atoms with Crippen molar-refractivity contribution in [3.05, 3.63) is 59.9 Å². The highest BCUT2D eigenvalue weighted by Gasteiger charge is 2.29. The fourth-order valence-corrected chi connectivity index (χ4v) is 4.87. The Hall–Kier alpha value is -2.94. The summed E-state index contributed by atoms with van der Waals surface area (Å²) in [6.45, 7) is 3.73. The minimum absolute atomic E-state index is 0.103. The van der Waals surface area contributed by atoms with Gasteiger partial charge in [0.1, 0.15) is 0 Å². The Morgan fingerprint density at radius 1 is 1.20 bits per heavy atom. The number of anilines is 2. The van der Waals surface area contributed by atoms with Gasteiger partial charge in [0.25, 0.3) is 10.0 Å². The average Bonchev–Trinajstić information content (AvgIpc) is 3.40. The molecule has 3 aromatic rings. The second-order valence-corrected chi connectivity index (χ2v) is 9.15. The Labute approximate surface area is 176 Å². The monoisotopic (exact) mass is 426 g/mol. The van der Waals surface area contributed by atoms with Crippen LogP contribution in [0.15, 0.2) is 41.4 Å². The molecule has 0 amide bonds. The van der Waals surface area contributed by atoms with Gasteiger partial charge in [0.15, 0.2) is 11.6 Å². The maximum absolute atomic E-state index is 13.4. The molecule has 9 heteroatoms. The normalized spacial score (nSPS) is 14.8. The Bertz CT molecular complexity index is 1150. The molecule has 0 aliphatic heterocycles. The molecule has 1 radical (unpaired) electrons. The van der Waals surface area contributed by atoms with Gasteiger partial charge in [-0.1, -0.05) is 17.7 Å². The van der Waals surface area contributed by atoms with Crippen LogP contribution in [0.4, 0.5) is 11.6 Å². The number of ether oxygens (including phenoxy) is 1. The highest BCUT2D eigenvalue weighted by Crippen LogP contribution is 2.36. The SMILES string of the molecule is COc1cnc(C)c(Nc2cc([C@H]3C[CH]CC3)n(S(=O)(=O)c3ccc(C)cc3)n2)n1. The first kappa shape index (κ1) is 20.3. The molecule has 8 nitrogen and oxygen atoms in total. The molecule has 4 rings (SSSR count). The van der Waals surface area contributed by atoms with Crippen LogP contribution in [0.25, 0.3) is 0 Å². The molecule has 1 aliphatic rings. The summed E-state index contributed by atoms with van der Waals surface area (Å²) in [6, 6.07) is 8.58. The van der Waals surface area contributed by atoms with Gasteiger partial charge in [0.05, 0.1) is 29.6 Å².